The van der Waals surface area contributed by atoms with Crippen LogP contribution in [0, 0.1) is 0 Å². The molecule has 0 saturated heterocycles. The summed E-state index contributed by atoms with van der Waals surface area (Å²) >= 11 is 0. The number of para-hydroxylation sites is 1. The van der Waals surface area contributed by atoms with Crippen molar-refractivity contribution in [3.05, 3.63) is 71.7 Å². The van der Waals surface area contributed by atoms with Gasteiger partial charge in [-0.1, -0.05) is 24.3 Å². The molecule has 29 heavy (non-hydrogen) atoms. The summed E-state index contributed by atoms with van der Waals surface area (Å²) in [5, 5.41) is 0. The maximum absolute atomic E-state index is 13.1. The molecule has 0 amide bonds. The highest BCUT2D eigenvalue weighted by molar-refractivity contribution is 6.04. The third-order valence-electron chi connectivity index (χ3n) is 4.80. The summed E-state index contributed by atoms with van der Waals surface area (Å²) in [6.45, 7) is 0. The van der Waals surface area contributed by atoms with Crippen LogP contribution in [0.25, 0.3) is 22.2 Å². The van der Waals surface area contributed by atoms with Gasteiger partial charge in [0, 0.05) is 18.2 Å². The molecule has 0 aliphatic carbocycles. The smallest absolute Gasteiger partial charge is 0.419 e. The Kier molecular flexibility index (Phi) is 3.70. The number of nitrogens with zero attached hydrogens (tertiary/aromatic N) is 3. The number of nitrogens with two attached hydrogens (primary N) is 1. The molecule has 0 saturated carbocycles. The van der Waals surface area contributed by atoms with Crippen LogP contribution in [0.2, 0.25) is 0 Å². The number of oxazole rings is 1. The summed E-state index contributed by atoms with van der Waals surface area (Å²) < 4.78 is 45.2. The molecule has 0 atom stereocenters. The van der Waals surface area contributed by atoms with Gasteiger partial charge in [-0.3, -0.25) is 0 Å². The Morgan fingerprint density at radius 2 is 1.83 bits per heavy atom. The second-order valence-electron chi connectivity index (χ2n) is 6.72. The highest BCUT2D eigenvalue weighted by Gasteiger charge is 2.34. The van der Waals surface area contributed by atoms with E-state index in [1.165, 1.54) is 6.20 Å². The quantitative estimate of drug-likeness (QED) is 0.509. The maximum Gasteiger partial charge on any atom is 0.419 e. The SMILES string of the molecule is Nc1ncc(-c2ccc3nc(C4=Nc5ccccc5C4)oc3c2)cc1C(F)(F)F. The second kappa shape index (κ2) is 6.16. The van der Waals surface area contributed by atoms with Gasteiger partial charge in [0.1, 0.15) is 17.0 Å². The van der Waals surface area contributed by atoms with Gasteiger partial charge in [-0.2, -0.15) is 13.2 Å². The molecule has 2 aromatic carbocycles. The van der Waals surface area contributed by atoms with Crippen molar-refractivity contribution in [2.45, 2.75) is 12.6 Å². The summed E-state index contributed by atoms with van der Waals surface area (Å²) in [6.07, 6.45) is -2.65. The number of anilines is 1. The minimum Gasteiger partial charge on any atom is -0.435 e. The summed E-state index contributed by atoms with van der Waals surface area (Å²) in [7, 11) is 0. The monoisotopic (exact) mass is 394 g/mol. The van der Waals surface area contributed by atoms with E-state index in [-0.39, 0.29) is 5.56 Å². The number of alkyl halides is 3. The molecular weight excluding hydrogens is 381 g/mol. The van der Waals surface area contributed by atoms with E-state index in [9.17, 15) is 13.2 Å². The van der Waals surface area contributed by atoms with E-state index in [1.54, 1.807) is 18.2 Å². The highest BCUT2D eigenvalue weighted by atomic mass is 19.4. The van der Waals surface area contributed by atoms with E-state index in [0.717, 1.165) is 23.0 Å². The number of aliphatic imine (C=N–C) groups is 1. The minimum atomic E-state index is -4.58. The Morgan fingerprint density at radius 1 is 1.00 bits per heavy atom. The van der Waals surface area contributed by atoms with Gasteiger partial charge in [-0.25, -0.2) is 15.0 Å². The van der Waals surface area contributed by atoms with Gasteiger partial charge in [0.05, 0.1) is 11.3 Å². The van der Waals surface area contributed by atoms with Crippen LogP contribution in [-0.2, 0) is 12.6 Å². The molecule has 4 aromatic rings. The first-order valence-corrected chi connectivity index (χ1v) is 8.78. The Morgan fingerprint density at radius 3 is 2.62 bits per heavy atom. The third-order valence-corrected chi connectivity index (χ3v) is 4.80. The molecule has 0 bridgehead atoms. The number of aromatic nitrogens is 2. The normalized spacial score (nSPS) is 13.6. The first kappa shape index (κ1) is 17.4. The van der Waals surface area contributed by atoms with Gasteiger partial charge < -0.3 is 10.2 Å². The predicted molar refractivity (Wildman–Crippen MR) is 103 cm³/mol. The average molecular weight is 394 g/mol. The Bertz CT molecular complexity index is 1290. The van der Waals surface area contributed by atoms with E-state index < -0.39 is 17.6 Å². The Labute approximate surface area is 162 Å². The summed E-state index contributed by atoms with van der Waals surface area (Å²) in [5.41, 5.74) is 8.99. The van der Waals surface area contributed by atoms with E-state index in [0.29, 0.717) is 29.0 Å². The zero-order valence-electron chi connectivity index (χ0n) is 14.9. The number of pyridine rings is 1. The van der Waals surface area contributed by atoms with Crippen LogP contribution in [-0.4, -0.2) is 15.7 Å². The average Bonchev–Trinajstić information content (AvgIpc) is 3.30. The van der Waals surface area contributed by atoms with Gasteiger partial charge in [0.25, 0.3) is 0 Å². The molecule has 0 unspecified atom stereocenters. The number of rotatable bonds is 2. The van der Waals surface area contributed by atoms with Crippen molar-refractivity contribution in [3.63, 3.8) is 0 Å². The van der Waals surface area contributed by atoms with E-state index in [4.69, 9.17) is 10.2 Å². The largest absolute Gasteiger partial charge is 0.435 e. The Balaban J connectivity index is 1.53. The highest BCUT2D eigenvalue weighted by Crippen LogP contribution is 2.36. The van der Waals surface area contributed by atoms with Crippen molar-refractivity contribution in [1.82, 2.24) is 9.97 Å². The van der Waals surface area contributed by atoms with Gasteiger partial charge in [-0.15, -0.1) is 0 Å². The zero-order valence-corrected chi connectivity index (χ0v) is 14.9. The number of hydrogen-bond acceptors (Lipinski definition) is 5. The molecule has 2 N–H and O–H groups in total. The lowest BCUT2D eigenvalue weighted by Gasteiger charge is -2.10. The molecule has 8 heteroatoms. The van der Waals surface area contributed by atoms with Crippen molar-refractivity contribution >= 4 is 28.3 Å². The lowest BCUT2D eigenvalue weighted by Crippen LogP contribution is -2.10. The van der Waals surface area contributed by atoms with Crippen LogP contribution in [0.15, 0.2) is 64.1 Å². The predicted octanol–water partition coefficient (Wildman–Crippen LogP) is 5.17. The minimum absolute atomic E-state index is 0.289. The molecule has 0 radical (unpaired) electrons. The number of hydrogen-bond donors (Lipinski definition) is 1. The zero-order chi connectivity index (χ0) is 20.2. The molecule has 0 spiro atoms. The van der Waals surface area contributed by atoms with Crippen LogP contribution >= 0.6 is 0 Å². The van der Waals surface area contributed by atoms with Crippen molar-refractivity contribution in [2.75, 3.05) is 5.73 Å². The molecule has 3 heterocycles. The van der Waals surface area contributed by atoms with Crippen molar-refractivity contribution < 1.29 is 17.6 Å². The fraction of sp³-hybridized carbons (Fsp3) is 0.0952. The van der Waals surface area contributed by atoms with Gasteiger partial charge in [-0.05, 0) is 35.4 Å². The number of benzene rings is 2. The van der Waals surface area contributed by atoms with Crippen LogP contribution < -0.4 is 5.73 Å². The van der Waals surface area contributed by atoms with Crippen LogP contribution in [0.4, 0.5) is 24.7 Å². The second-order valence-corrected chi connectivity index (χ2v) is 6.72. The fourth-order valence-electron chi connectivity index (χ4n) is 3.35. The molecule has 0 fully saturated rings. The number of fused-ring (bicyclic) bond motifs is 2. The molecule has 144 valence electrons. The van der Waals surface area contributed by atoms with E-state index in [1.807, 2.05) is 24.3 Å². The topological polar surface area (TPSA) is 77.3 Å². The third kappa shape index (κ3) is 3.02. The summed E-state index contributed by atoms with van der Waals surface area (Å²) in [6, 6.07) is 13.8. The van der Waals surface area contributed by atoms with Crippen molar-refractivity contribution in [1.29, 1.82) is 0 Å². The first-order chi connectivity index (χ1) is 13.9. The lowest BCUT2D eigenvalue weighted by molar-refractivity contribution is -0.137. The van der Waals surface area contributed by atoms with Gasteiger partial charge >= 0.3 is 6.18 Å². The molecule has 1 aliphatic rings. The molecule has 5 rings (SSSR count). The lowest BCUT2D eigenvalue weighted by atomic mass is 10.0. The number of halogens is 3. The van der Waals surface area contributed by atoms with Crippen LogP contribution in [0.3, 0.4) is 0 Å². The standard InChI is InChI=1S/C21H13F3N4O/c22-21(23,24)14-7-13(10-26-19(14)25)11-5-6-16-18(9-11)29-20(28-16)17-8-12-3-1-2-4-15(12)27-17/h1-7,9-10H,8H2,(H2,25,26). The van der Waals surface area contributed by atoms with Crippen molar-refractivity contribution in [2.24, 2.45) is 4.99 Å². The first-order valence-electron chi connectivity index (χ1n) is 8.78. The van der Waals surface area contributed by atoms with Crippen LogP contribution in [0.1, 0.15) is 17.0 Å². The van der Waals surface area contributed by atoms with E-state index >= 15 is 0 Å². The molecular formula is C21H13F3N4O. The molecule has 1 aliphatic heterocycles. The van der Waals surface area contributed by atoms with Crippen molar-refractivity contribution in [3.8, 4) is 11.1 Å². The molecule has 5 nitrogen and oxygen atoms in total. The Hall–Kier alpha value is -3.68. The maximum atomic E-state index is 13.1. The summed E-state index contributed by atoms with van der Waals surface area (Å²) in [4.78, 5) is 12.7. The van der Waals surface area contributed by atoms with Crippen LogP contribution in [0.5, 0.6) is 0 Å². The van der Waals surface area contributed by atoms with E-state index in [2.05, 4.69) is 15.0 Å². The van der Waals surface area contributed by atoms with Gasteiger partial charge in [0.15, 0.2) is 5.58 Å². The number of nitrogen functional groups attached to an aromatic ring is 1. The van der Waals surface area contributed by atoms with Gasteiger partial charge in [0.2, 0.25) is 5.89 Å². The fourth-order valence-corrected chi connectivity index (χ4v) is 3.35. The molecule has 2 aromatic heterocycles. The summed E-state index contributed by atoms with van der Waals surface area (Å²) in [5.74, 6) is -0.150.